The second-order valence-electron chi connectivity index (χ2n) is 5.51. The lowest BCUT2D eigenvalue weighted by Gasteiger charge is -2.10. The van der Waals surface area contributed by atoms with Crippen LogP contribution in [0.25, 0.3) is 10.9 Å². The Kier molecular flexibility index (Phi) is 3.92. The molecule has 6 heteroatoms. The number of fused-ring (bicyclic) bond motifs is 1. The first-order valence-corrected chi connectivity index (χ1v) is 9.36. The minimum atomic E-state index is -2.22. The summed E-state index contributed by atoms with van der Waals surface area (Å²) in [5, 5.41) is 13.7. The van der Waals surface area contributed by atoms with Gasteiger partial charge < -0.3 is 10.4 Å². The molecule has 1 aromatic heterocycles. The van der Waals surface area contributed by atoms with Crippen molar-refractivity contribution in [3.8, 4) is 5.75 Å². The van der Waals surface area contributed by atoms with Crippen molar-refractivity contribution >= 4 is 37.7 Å². The fraction of sp³-hybridized carbons (Fsp3) is 0.118. The molecule has 0 amide bonds. The first-order chi connectivity index (χ1) is 10.9. The molecule has 3 aromatic rings. The third kappa shape index (κ3) is 3.78. The second kappa shape index (κ2) is 5.89. The van der Waals surface area contributed by atoms with E-state index in [2.05, 4.69) is 14.7 Å². The second-order valence-corrected chi connectivity index (χ2v) is 8.05. The zero-order valence-corrected chi connectivity index (χ0v) is 13.7. The van der Waals surface area contributed by atoms with Crippen molar-refractivity contribution in [2.75, 3.05) is 17.8 Å². The number of aromatic nitrogens is 1. The van der Waals surface area contributed by atoms with Crippen LogP contribution >= 0.6 is 0 Å². The van der Waals surface area contributed by atoms with Crippen molar-refractivity contribution in [1.29, 1.82) is 0 Å². The number of hydrogen-bond donors (Lipinski definition) is 2. The molecule has 0 atom stereocenters. The molecule has 0 saturated carbocycles. The molecular formula is C17H17N3O2S. The Labute approximate surface area is 135 Å². The number of pyridine rings is 1. The third-order valence-corrected chi connectivity index (χ3v) is 3.83. The van der Waals surface area contributed by atoms with E-state index in [0.29, 0.717) is 5.69 Å². The van der Waals surface area contributed by atoms with Crippen LogP contribution in [-0.4, -0.2) is 26.8 Å². The summed E-state index contributed by atoms with van der Waals surface area (Å²) >= 11 is 0. The standard InChI is InChI=1S/C17H17N3O2S/c1-23(2,22)20-13-6-7-16-15(11-13)17(8-9-18-16)19-12-4-3-5-14(21)10-12/h3-11,21H,1-2H3,(H,18,19). The number of nitrogens with zero attached hydrogens (tertiary/aromatic N) is 2. The molecule has 2 N–H and O–H groups in total. The third-order valence-electron chi connectivity index (χ3n) is 3.18. The van der Waals surface area contributed by atoms with E-state index in [1.54, 1.807) is 43.0 Å². The number of rotatable bonds is 3. The maximum Gasteiger partial charge on any atom is 0.117 e. The molecule has 0 radical (unpaired) electrons. The van der Waals surface area contributed by atoms with Gasteiger partial charge >= 0.3 is 0 Å². The quantitative estimate of drug-likeness (QED) is 0.761. The van der Waals surface area contributed by atoms with Crippen LogP contribution in [0.3, 0.4) is 0 Å². The molecule has 0 spiro atoms. The molecule has 1 heterocycles. The summed E-state index contributed by atoms with van der Waals surface area (Å²) in [6.45, 7) is 0. The first-order valence-electron chi connectivity index (χ1n) is 7.03. The molecule has 3 rings (SSSR count). The van der Waals surface area contributed by atoms with Gasteiger partial charge in [-0.3, -0.25) is 4.98 Å². The zero-order valence-electron chi connectivity index (χ0n) is 12.9. The van der Waals surface area contributed by atoms with Crippen LogP contribution in [0.2, 0.25) is 0 Å². The monoisotopic (exact) mass is 327 g/mol. The average molecular weight is 327 g/mol. The number of anilines is 2. The lowest BCUT2D eigenvalue weighted by atomic mass is 10.1. The summed E-state index contributed by atoms with van der Waals surface area (Å²) in [4.78, 5) is 4.34. The Balaban J connectivity index is 2.09. The van der Waals surface area contributed by atoms with Crippen LogP contribution in [0.1, 0.15) is 0 Å². The highest BCUT2D eigenvalue weighted by atomic mass is 32.2. The van der Waals surface area contributed by atoms with Crippen LogP contribution in [0.15, 0.2) is 59.1 Å². The Morgan fingerprint density at radius 3 is 2.70 bits per heavy atom. The molecule has 118 valence electrons. The molecule has 0 aliphatic heterocycles. The topological polar surface area (TPSA) is 74.6 Å². The number of benzene rings is 2. The van der Waals surface area contributed by atoms with E-state index >= 15 is 0 Å². The van der Waals surface area contributed by atoms with Gasteiger partial charge in [-0.2, -0.15) is 4.36 Å². The van der Waals surface area contributed by atoms with E-state index in [1.807, 2.05) is 24.3 Å². The van der Waals surface area contributed by atoms with E-state index in [9.17, 15) is 9.32 Å². The number of phenols is 1. The van der Waals surface area contributed by atoms with Crippen molar-refractivity contribution < 1.29 is 9.32 Å². The predicted octanol–water partition coefficient (Wildman–Crippen LogP) is 4.04. The van der Waals surface area contributed by atoms with Crippen LogP contribution in [0, 0.1) is 0 Å². The highest BCUT2D eigenvalue weighted by Crippen LogP contribution is 2.29. The molecule has 5 nitrogen and oxygen atoms in total. The number of aromatic hydroxyl groups is 1. The summed E-state index contributed by atoms with van der Waals surface area (Å²) in [5.74, 6) is 0.195. The lowest BCUT2D eigenvalue weighted by molar-refractivity contribution is 0.475. The van der Waals surface area contributed by atoms with Crippen molar-refractivity contribution in [2.24, 2.45) is 4.36 Å². The first kappa shape index (κ1) is 15.3. The maximum absolute atomic E-state index is 11.9. The van der Waals surface area contributed by atoms with E-state index in [-0.39, 0.29) is 5.75 Å². The van der Waals surface area contributed by atoms with Crippen molar-refractivity contribution in [3.05, 3.63) is 54.7 Å². The van der Waals surface area contributed by atoms with E-state index in [4.69, 9.17) is 0 Å². The van der Waals surface area contributed by atoms with Gasteiger partial charge in [0.1, 0.15) is 5.75 Å². The fourth-order valence-corrected chi connectivity index (χ4v) is 2.91. The molecule has 0 fully saturated rings. The fourth-order valence-electron chi connectivity index (χ4n) is 2.29. The molecule has 0 aliphatic carbocycles. The number of nitrogens with one attached hydrogen (secondary N) is 1. The zero-order chi connectivity index (χ0) is 16.4. The molecule has 2 aromatic carbocycles. The minimum absolute atomic E-state index is 0.195. The van der Waals surface area contributed by atoms with E-state index in [0.717, 1.165) is 22.3 Å². The predicted molar refractivity (Wildman–Crippen MR) is 95.2 cm³/mol. The van der Waals surface area contributed by atoms with Crippen LogP contribution in [0.5, 0.6) is 5.75 Å². The summed E-state index contributed by atoms with van der Waals surface area (Å²) < 4.78 is 16.1. The highest BCUT2D eigenvalue weighted by Gasteiger charge is 2.05. The number of hydrogen-bond acceptors (Lipinski definition) is 5. The van der Waals surface area contributed by atoms with Gasteiger partial charge in [0.05, 0.1) is 11.2 Å². The van der Waals surface area contributed by atoms with Crippen LogP contribution in [-0.2, 0) is 9.73 Å². The Hall–Kier alpha value is -2.60. The normalized spacial score (nSPS) is 11.4. The van der Waals surface area contributed by atoms with Gasteiger partial charge in [-0.25, -0.2) is 4.21 Å². The molecule has 0 bridgehead atoms. The van der Waals surface area contributed by atoms with Gasteiger partial charge in [-0.05, 0) is 36.4 Å². The molecule has 23 heavy (non-hydrogen) atoms. The SMILES string of the molecule is CS(C)(=O)=Nc1ccc2nccc(Nc3cccc(O)c3)c2c1. The van der Waals surface area contributed by atoms with Crippen molar-refractivity contribution in [2.45, 2.75) is 0 Å². The van der Waals surface area contributed by atoms with Gasteiger partial charge in [0.2, 0.25) is 0 Å². The van der Waals surface area contributed by atoms with Gasteiger partial charge in [0, 0.05) is 51.3 Å². The number of phenolic OH excluding ortho intramolecular Hbond substituents is 1. The van der Waals surface area contributed by atoms with Crippen LogP contribution < -0.4 is 5.32 Å². The van der Waals surface area contributed by atoms with Gasteiger partial charge in [-0.1, -0.05) is 6.07 Å². The van der Waals surface area contributed by atoms with Crippen molar-refractivity contribution in [3.63, 3.8) is 0 Å². The maximum atomic E-state index is 11.9. The lowest BCUT2D eigenvalue weighted by Crippen LogP contribution is -1.93. The molecule has 0 saturated heterocycles. The molecule has 0 aliphatic rings. The summed E-state index contributed by atoms with van der Waals surface area (Å²) in [7, 11) is -2.22. The summed E-state index contributed by atoms with van der Waals surface area (Å²) in [6.07, 6.45) is 4.92. The Morgan fingerprint density at radius 1 is 1.13 bits per heavy atom. The van der Waals surface area contributed by atoms with E-state index in [1.165, 1.54) is 0 Å². The van der Waals surface area contributed by atoms with Crippen molar-refractivity contribution in [1.82, 2.24) is 4.98 Å². The Bertz CT molecular complexity index is 984. The molecule has 0 unspecified atom stereocenters. The van der Waals surface area contributed by atoms with Gasteiger partial charge in [0.25, 0.3) is 0 Å². The smallest absolute Gasteiger partial charge is 0.117 e. The molecular weight excluding hydrogens is 310 g/mol. The summed E-state index contributed by atoms with van der Waals surface area (Å²) in [6, 6.07) is 14.3. The van der Waals surface area contributed by atoms with Gasteiger partial charge in [-0.15, -0.1) is 0 Å². The van der Waals surface area contributed by atoms with Gasteiger partial charge in [0.15, 0.2) is 0 Å². The van der Waals surface area contributed by atoms with E-state index < -0.39 is 9.73 Å². The highest BCUT2D eigenvalue weighted by molar-refractivity contribution is 7.92. The largest absolute Gasteiger partial charge is 0.508 e. The average Bonchev–Trinajstić information content (AvgIpc) is 2.46. The van der Waals surface area contributed by atoms with Crippen LogP contribution in [0.4, 0.5) is 17.1 Å². The summed E-state index contributed by atoms with van der Waals surface area (Å²) in [5.41, 5.74) is 3.08. The minimum Gasteiger partial charge on any atom is -0.508 e. The Morgan fingerprint density at radius 2 is 1.96 bits per heavy atom.